The minimum Gasteiger partial charge on any atom is -0.497 e. The van der Waals surface area contributed by atoms with E-state index in [1.807, 2.05) is 0 Å². The molecule has 2 aromatic rings. The quantitative estimate of drug-likeness (QED) is 0.873. The first-order valence-corrected chi connectivity index (χ1v) is 7.50. The van der Waals surface area contributed by atoms with Crippen molar-refractivity contribution in [3.8, 4) is 11.5 Å². The van der Waals surface area contributed by atoms with Gasteiger partial charge in [0.15, 0.2) is 0 Å². The highest BCUT2D eigenvalue weighted by molar-refractivity contribution is 6.02. The Hall–Kier alpha value is -3.09. The number of methoxy groups -OCH3 is 2. The zero-order chi connectivity index (χ0) is 18.4. The van der Waals surface area contributed by atoms with Crippen LogP contribution in [0.3, 0.4) is 0 Å². The molecule has 0 heterocycles. The lowest BCUT2D eigenvalue weighted by atomic mass is 10.2. The number of hydrogen-bond acceptors (Lipinski definition) is 4. The van der Waals surface area contributed by atoms with Crippen LogP contribution in [-0.2, 0) is 9.59 Å². The van der Waals surface area contributed by atoms with Gasteiger partial charge in [0.1, 0.15) is 23.9 Å². The van der Waals surface area contributed by atoms with Gasteiger partial charge in [-0.2, -0.15) is 0 Å². The number of halogens is 1. The highest BCUT2D eigenvalue weighted by Gasteiger charge is 2.19. The van der Waals surface area contributed by atoms with Gasteiger partial charge in [0.05, 0.1) is 25.6 Å². The molecular formula is C18H19FN2O4. The van der Waals surface area contributed by atoms with Crippen LogP contribution in [0.5, 0.6) is 11.5 Å². The third-order valence-corrected chi connectivity index (χ3v) is 3.51. The lowest BCUT2D eigenvalue weighted by Gasteiger charge is -2.21. The maximum absolute atomic E-state index is 13.9. The molecule has 2 aromatic carbocycles. The van der Waals surface area contributed by atoms with Crippen molar-refractivity contribution in [1.29, 1.82) is 0 Å². The van der Waals surface area contributed by atoms with Crippen molar-refractivity contribution < 1.29 is 23.5 Å². The first kappa shape index (κ1) is 18.3. The summed E-state index contributed by atoms with van der Waals surface area (Å²) in [6.45, 7) is 0.944. The molecule has 0 atom stereocenters. The van der Waals surface area contributed by atoms with E-state index < -0.39 is 17.6 Å². The summed E-state index contributed by atoms with van der Waals surface area (Å²) in [7, 11) is 2.98. The number of carbonyl (C=O) groups excluding carboxylic acids is 2. The number of amides is 2. The lowest BCUT2D eigenvalue weighted by Crippen LogP contribution is -2.37. The van der Waals surface area contributed by atoms with Crippen molar-refractivity contribution in [1.82, 2.24) is 0 Å². The molecular weight excluding hydrogens is 327 g/mol. The largest absolute Gasteiger partial charge is 0.497 e. The molecule has 0 bridgehead atoms. The van der Waals surface area contributed by atoms with Crippen LogP contribution in [0.2, 0.25) is 0 Å². The second-order valence-corrected chi connectivity index (χ2v) is 5.17. The second kappa shape index (κ2) is 8.14. The van der Waals surface area contributed by atoms with Crippen LogP contribution in [0.25, 0.3) is 0 Å². The van der Waals surface area contributed by atoms with Crippen molar-refractivity contribution in [3.63, 3.8) is 0 Å². The van der Waals surface area contributed by atoms with E-state index in [1.54, 1.807) is 24.3 Å². The molecule has 0 spiro atoms. The van der Waals surface area contributed by atoms with Crippen molar-refractivity contribution in [2.24, 2.45) is 0 Å². The molecule has 0 aliphatic heterocycles. The Morgan fingerprint density at radius 2 is 1.84 bits per heavy atom. The molecule has 0 radical (unpaired) electrons. The zero-order valence-corrected chi connectivity index (χ0v) is 14.2. The van der Waals surface area contributed by atoms with Crippen LogP contribution in [0.15, 0.2) is 42.5 Å². The number of para-hydroxylation sites is 1. The predicted molar refractivity (Wildman–Crippen MR) is 92.6 cm³/mol. The molecule has 0 aliphatic carbocycles. The minimum absolute atomic E-state index is 0.0480. The average Bonchev–Trinajstić information content (AvgIpc) is 2.60. The molecule has 0 saturated carbocycles. The number of nitrogens with one attached hydrogen (secondary N) is 1. The number of nitrogens with zero attached hydrogens (tertiary/aromatic N) is 1. The topological polar surface area (TPSA) is 67.9 Å². The van der Waals surface area contributed by atoms with Crippen molar-refractivity contribution in [3.05, 3.63) is 48.3 Å². The van der Waals surface area contributed by atoms with Gasteiger partial charge < -0.3 is 19.7 Å². The smallest absolute Gasteiger partial charge is 0.244 e. The molecule has 0 saturated heterocycles. The van der Waals surface area contributed by atoms with Crippen LogP contribution >= 0.6 is 0 Å². The summed E-state index contributed by atoms with van der Waals surface area (Å²) in [5, 5.41) is 2.65. The Labute approximate surface area is 145 Å². The first-order valence-electron chi connectivity index (χ1n) is 7.50. The molecule has 6 nitrogen and oxygen atoms in total. The minimum atomic E-state index is -0.576. The molecule has 0 unspecified atom stereocenters. The SMILES string of the molecule is COc1ccc(NC(=O)CN(C(C)=O)c2ccccc2F)c(OC)c1. The monoisotopic (exact) mass is 346 g/mol. The first-order chi connectivity index (χ1) is 12.0. The summed E-state index contributed by atoms with van der Waals surface area (Å²) in [6.07, 6.45) is 0. The molecule has 0 aliphatic rings. The molecule has 1 N–H and O–H groups in total. The van der Waals surface area contributed by atoms with Crippen LogP contribution in [0.1, 0.15) is 6.92 Å². The van der Waals surface area contributed by atoms with Crippen molar-refractivity contribution in [2.75, 3.05) is 31.0 Å². The van der Waals surface area contributed by atoms with E-state index in [-0.39, 0.29) is 12.2 Å². The normalized spacial score (nSPS) is 10.1. The van der Waals surface area contributed by atoms with Crippen molar-refractivity contribution >= 4 is 23.2 Å². The Morgan fingerprint density at radius 3 is 2.44 bits per heavy atom. The molecule has 0 aromatic heterocycles. The van der Waals surface area contributed by atoms with Gasteiger partial charge in [-0.15, -0.1) is 0 Å². The van der Waals surface area contributed by atoms with E-state index in [2.05, 4.69) is 5.32 Å². The summed E-state index contributed by atoms with van der Waals surface area (Å²) in [5.41, 5.74) is 0.470. The number of hydrogen-bond donors (Lipinski definition) is 1. The predicted octanol–water partition coefficient (Wildman–Crippen LogP) is 2.83. The molecule has 2 amide bonds. The van der Waals surface area contributed by atoms with Gasteiger partial charge in [0.2, 0.25) is 11.8 Å². The van der Waals surface area contributed by atoms with Crippen LogP contribution < -0.4 is 19.7 Å². The van der Waals surface area contributed by atoms with E-state index >= 15 is 0 Å². The maximum Gasteiger partial charge on any atom is 0.244 e. The highest BCUT2D eigenvalue weighted by atomic mass is 19.1. The molecule has 25 heavy (non-hydrogen) atoms. The Balaban J connectivity index is 2.18. The molecule has 2 rings (SSSR count). The highest BCUT2D eigenvalue weighted by Crippen LogP contribution is 2.29. The van der Waals surface area contributed by atoms with E-state index in [0.717, 1.165) is 4.90 Å². The second-order valence-electron chi connectivity index (χ2n) is 5.17. The summed E-state index contributed by atoms with van der Waals surface area (Å²) in [5.74, 6) is -0.518. The van der Waals surface area contributed by atoms with Gasteiger partial charge in [-0.3, -0.25) is 9.59 Å². The van der Waals surface area contributed by atoms with E-state index in [4.69, 9.17) is 9.47 Å². The summed E-state index contributed by atoms with van der Waals surface area (Å²) >= 11 is 0. The Morgan fingerprint density at radius 1 is 1.12 bits per heavy atom. The van der Waals surface area contributed by atoms with Gasteiger partial charge >= 0.3 is 0 Å². The fourth-order valence-corrected chi connectivity index (χ4v) is 2.27. The van der Waals surface area contributed by atoms with Gasteiger partial charge in [0, 0.05) is 13.0 Å². The van der Waals surface area contributed by atoms with Crippen LogP contribution in [0.4, 0.5) is 15.8 Å². The van der Waals surface area contributed by atoms with Gasteiger partial charge in [0.25, 0.3) is 0 Å². The zero-order valence-electron chi connectivity index (χ0n) is 14.2. The standard InChI is InChI=1S/C18H19FN2O4/c1-12(22)21(16-7-5-4-6-14(16)19)11-18(23)20-15-9-8-13(24-2)10-17(15)25-3/h4-10H,11H2,1-3H3,(H,20,23). The Kier molecular flexibility index (Phi) is 5.94. The number of benzene rings is 2. The summed E-state index contributed by atoms with van der Waals surface area (Å²) < 4.78 is 24.2. The van der Waals surface area contributed by atoms with Crippen LogP contribution in [-0.4, -0.2) is 32.6 Å². The van der Waals surface area contributed by atoms with Gasteiger partial charge in [-0.25, -0.2) is 4.39 Å². The Bertz CT molecular complexity index is 779. The number of carbonyl (C=O) groups is 2. The fraction of sp³-hybridized carbons (Fsp3) is 0.222. The number of rotatable bonds is 6. The molecule has 0 fully saturated rings. The third-order valence-electron chi connectivity index (χ3n) is 3.51. The van der Waals surface area contributed by atoms with E-state index in [0.29, 0.717) is 17.2 Å². The van der Waals surface area contributed by atoms with Crippen LogP contribution in [0, 0.1) is 5.82 Å². The molecule has 7 heteroatoms. The van der Waals surface area contributed by atoms with Gasteiger partial charge in [-0.05, 0) is 24.3 Å². The lowest BCUT2D eigenvalue weighted by molar-refractivity contribution is -0.120. The van der Waals surface area contributed by atoms with E-state index in [1.165, 1.54) is 39.3 Å². The van der Waals surface area contributed by atoms with Crippen molar-refractivity contribution in [2.45, 2.75) is 6.92 Å². The fourth-order valence-electron chi connectivity index (χ4n) is 2.27. The summed E-state index contributed by atoms with van der Waals surface area (Å²) in [4.78, 5) is 25.2. The molecule has 132 valence electrons. The number of anilines is 2. The van der Waals surface area contributed by atoms with Gasteiger partial charge in [-0.1, -0.05) is 12.1 Å². The van der Waals surface area contributed by atoms with E-state index in [9.17, 15) is 14.0 Å². The summed E-state index contributed by atoms with van der Waals surface area (Å²) in [6, 6.07) is 10.7. The average molecular weight is 346 g/mol. The third kappa shape index (κ3) is 4.47. The maximum atomic E-state index is 13.9. The number of ether oxygens (including phenoxy) is 2.